The first kappa shape index (κ1) is 26.3. The molecular weight excluding hydrogens is 402 g/mol. The molecule has 0 fully saturated rings. The van der Waals surface area contributed by atoms with Gasteiger partial charge in [0.25, 0.3) is 5.91 Å². The van der Waals surface area contributed by atoms with Crippen LogP contribution in [0.1, 0.15) is 63.8 Å². The number of methoxy groups -OCH3 is 2. The van der Waals surface area contributed by atoms with Gasteiger partial charge < -0.3 is 14.2 Å². The Morgan fingerprint density at radius 1 is 0.812 bits per heavy atom. The van der Waals surface area contributed by atoms with Gasteiger partial charge in [0.15, 0.2) is 0 Å². The van der Waals surface area contributed by atoms with Crippen molar-refractivity contribution in [3.63, 3.8) is 0 Å². The molecule has 0 radical (unpaired) electrons. The molecule has 5 nitrogen and oxygen atoms in total. The highest BCUT2D eigenvalue weighted by molar-refractivity contribution is 5.41. The molecular formula is C27H41NO4. The third-order valence-electron chi connectivity index (χ3n) is 5.45. The number of hydrogen-bond acceptors (Lipinski definition) is 5. The van der Waals surface area contributed by atoms with Gasteiger partial charge in [-0.1, -0.05) is 71.0 Å². The summed E-state index contributed by atoms with van der Waals surface area (Å²) in [6.45, 7) is 12.9. The summed E-state index contributed by atoms with van der Waals surface area (Å²) in [7, 11) is 3.18. The van der Waals surface area contributed by atoms with E-state index in [1.807, 2.05) is 31.2 Å². The van der Waals surface area contributed by atoms with Crippen LogP contribution in [-0.4, -0.2) is 20.5 Å². The molecule has 0 aliphatic heterocycles. The summed E-state index contributed by atoms with van der Waals surface area (Å²) >= 11 is 0. The van der Waals surface area contributed by atoms with E-state index in [1.165, 1.54) is 11.1 Å². The van der Waals surface area contributed by atoms with E-state index in [2.05, 4.69) is 58.3 Å². The zero-order chi connectivity index (χ0) is 23.7. The van der Waals surface area contributed by atoms with E-state index < -0.39 is 12.2 Å². The monoisotopic (exact) mass is 443 g/mol. The summed E-state index contributed by atoms with van der Waals surface area (Å²) in [4.78, 5) is 5.91. The molecule has 2 aromatic carbocycles. The first-order valence-corrected chi connectivity index (χ1v) is 11.6. The van der Waals surface area contributed by atoms with Crippen molar-refractivity contribution in [2.24, 2.45) is 11.8 Å². The van der Waals surface area contributed by atoms with Gasteiger partial charge in [0.2, 0.25) is 6.29 Å². The average molecular weight is 444 g/mol. The summed E-state index contributed by atoms with van der Waals surface area (Å²) < 4.78 is 17.7. The molecule has 32 heavy (non-hydrogen) atoms. The molecule has 2 rings (SSSR count). The predicted octanol–water partition coefficient (Wildman–Crippen LogP) is 6.00. The van der Waals surface area contributed by atoms with Gasteiger partial charge in [-0.15, -0.1) is 5.48 Å². The van der Waals surface area contributed by atoms with Crippen molar-refractivity contribution >= 4 is 0 Å². The van der Waals surface area contributed by atoms with E-state index >= 15 is 0 Å². The van der Waals surface area contributed by atoms with Gasteiger partial charge in [0, 0.05) is 19.8 Å². The predicted molar refractivity (Wildman–Crippen MR) is 129 cm³/mol. The van der Waals surface area contributed by atoms with Crippen LogP contribution in [0.5, 0.6) is 5.75 Å². The van der Waals surface area contributed by atoms with Crippen molar-refractivity contribution in [2.75, 3.05) is 14.2 Å². The second-order valence-corrected chi connectivity index (χ2v) is 9.03. The van der Waals surface area contributed by atoms with E-state index in [4.69, 9.17) is 19.0 Å². The van der Waals surface area contributed by atoms with Gasteiger partial charge in [-0.05, 0) is 60.8 Å². The van der Waals surface area contributed by atoms with E-state index in [9.17, 15) is 0 Å². The first-order chi connectivity index (χ1) is 15.3. The maximum atomic E-state index is 6.25. The van der Waals surface area contributed by atoms with Crippen LogP contribution in [-0.2, 0) is 39.5 Å². The van der Waals surface area contributed by atoms with Gasteiger partial charge in [-0.3, -0.25) is 4.84 Å². The minimum atomic E-state index is -1.23. The molecule has 0 saturated carbocycles. The van der Waals surface area contributed by atoms with Crippen molar-refractivity contribution in [1.29, 1.82) is 0 Å². The number of ether oxygens (including phenoxy) is 3. The quantitative estimate of drug-likeness (QED) is 0.304. The molecule has 0 bridgehead atoms. The Bertz CT molecular complexity index is 830. The van der Waals surface area contributed by atoms with Crippen molar-refractivity contribution < 1.29 is 19.0 Å². The lowest BCUT2D eigenvalue weighted by molar-refractivity contribution is -0.316. The Morgan fingerprint density at radius 3 is 2.03 bits per heavy atom. The van der Waals surface area contributed by atoms with Crippen molar-refractivity contribution in [3.05, 3.63) is 64.7 Å². The Hall–Kier alpha value is -1.92. The molecule has 0 heterocycles. The molecule has 0 aromatic heterocycles. The number of aryl methyl sites for hydroxylation is 1. The topological polar surface area (TPSA) is 49.0 Å². The Labute approximate surface area is 194 Å². The third kappa shape index (κ3) is 6.79. The number of hydrogen-bond donors (Lipinski definition) is 1. The fraction of sp³-hybridized carbons (Fsp3) is 0.556. The Balaban J connectivity index is 2.21. The SMILES string of the molecule is CCc1ccccc1C(NOC(C)Oc1cccc(CC(C)C)c1CC(C)C)(OC)OC. The Kier molecular flexibility index (Phi) is 10.2. The number of rotatable bonds is 13. The molecule has 0 aliphatic carbocycles. The van der Waals surface area contributed by atoms with Crippen molar-refractivity contribution in [3.8, 4) is 5.75 Å². The number of nitrogens with one attached hydrogen (secondary N) is 1. The molecule has 178 valence electrons. The highest BCUT2D eigenvalue weighted by Gasteiger charge is 2.35. The van der Waals surface area contributed by atoms with E-state index in [-0.39, 0.29) is 0 Å². The zero-order valence-corrected chi connectivity index (χ0v) is 21.0. The normalized spacial score (nSPS) is 13.1. The summed E-state index contributed by atoms with van der Waals surface area (Å²) in [5.74, 6) is 0.736. The summed E-state index contributed by atoms with van der Waals surface area (Å²) in [5.41, 5.74) is 7.56. The van der Waals surface area contributed by atoms with E-state index in [1.54, 1.807) is 14.2 Å². The lowest BCUT2D eigenvalue weighted by Crippen LogP contribution is -2.48. The molecule has 0 saturated heterocycles. The molecule has 0 spiro atoms. The average Bonchev–Trinajstić information content (AvgIpc) is 2.76. The van der Waals surface area contributed by atoms with Gasteiger partial charge in [0.1, 0.15) is 5.75 Å². The molecule has 0 amide bonds. The zero-order valence-electron chi connectivity index (χ0n) is 21.0. The van der Waals surface area contributed by atoms with Gasteiger partial charge >= 0.3 is 0 Å². The number of hydroxylamine groups is 1. The minimum absolute atomic E-state index is 0.528. The van der Waals surface area contributed by atoms with Gasteiger partial charge in [-0.25, -0.2) is 0 Å². The highest BCUT2D eigenvalue weighted by Crippen LogP contribution is 2.30. The molecule has 1 unspecified atom stereocenters. The van der Waals surface area contributed by atoms with Crippen LogP contribution in [0.25, 0.3) is 0 Å². The standard InChI is InChI=1S/C27H41NO4/c1-9-22-13-10-11-15-25(22)27(29-7,30-8)28-32-21(6)31-26-16-12-14-23(17-19(2)3)24(26)18-20(4)5/h10-16,19-21,28H,9,17-18H2,1-8H3. The maximum Gasteiger partial charge on any atom is 0.277 e. The maximum absolute atomic E-state index is 6.25. The molecule has 5 heteroatoms. The summed E-state index contributed by atoms with van der Waals surface area (Å²) in [6, 6.07) is 14.3. The van der Waals surface area contributed by atoms with Crippen molar-refractivity contribution in [2.45, 2.75) is 73.0 Å². The molecule has 2 aromatic rings. The minimum Gasteiger partial charge on any atom is -0.463 e. The third-order valence-corrected chi connectivity index (χ3v) is 5.45. The molecule has 1 N–H and O–H groups in total. The fourth-order valence-electron chi connectivity index (χ4n) is 3.95. The van der Waals surface area contributed by atoms with Crippen LogP contribution >= 0.6 is 0 Å². The number of benzene rings is 2. The van der Waals surface area contributed by atoms with Gasteiger partial charge in [-0.2, -0.15) is 0 Å². The van der Waals surface area contributed by atoms with Crippen LogP contribution in [0, 0.1) is 11.8 Å². The fourth-order valence-corrected chi connectivity index (χ4v) is 3.95. The first-order valence-electron chi connectivity index (χ1n) is 11.6. The lowest BCUT2D eigenvalue weighted by Gasteiger charge is -2.34. The largest absolute Gasteiger partial charge is 0.463 e. The summed E-state index contributed by atoms with van der Waals surface area (Å²) in [6.07, 6.45) is 2.27. The van der Waals surface area contributed by atoms with Crippen LogP contribution in [0.2, 0.25) is 0 Å². The molecule has 0 aliphatic rings. The smallest absolute Gasteiger partial charge is 0.277 e. The van der Waals surface area contributed by atoms with Crippen LogP contribution < -0.4 is 10.2 Å². The lowest BCUT2D eigenvalue weighted by atomic mass is 9.92. The molecule has 1 atom stereocenters. The second kappa shape index (κ2) is 12.4. The van der Waals surface area contributed by atoms with E-state index in [0.29, 0.717) is 11.8 Å². The summed E-state index contributed by atoms with van der Waals surface area (Å²) in [5, 5.41) is 0. The van der Waals surface area contributed by atoms with Crippen molar-refractivity contribution in [1.82, 2.24) is 5.48 Å². The van der Waals surface area contributed by atoms with Crippen LogP contribution in [0.4, 0.5) is 0 Å². The van der Waals surface area contributed by atoms with Crippen LogP contribution in [0.3, 0.4) is 0 Å². The second-order valence-electron chi connectivity index (χ2n) is 9.03. The van der Waals surface area contributed by atoms with E-state index in [0.717, 1.165) is 36.1 Å². The Morgan fingerprint density at radius 2 is 1.44 bits per heavy atom. The van der Waals surface area contributed by atoms with Crippen LogP contribution in [0.15, 0.2) is 42.5 Å². The highest BCUT2D eigenvalue weighted by atomic mass is 16.8. The van der Waals surface area contributed by atoms with Gasteiger partial charge in [0.05, 0.1) is 0 Å².